The van der Waals surface area contributed by atoms with Gasteiger partial charge in [0.1, 0.15) is 17.5 Å². The number of esters is 1. The standard InChI is InChI=1S/C20H30O6/c1-5-6-10-15-20(3,4)26-25-19(22)23-16(2)13-14-18(21)24-17-11-8-7-9-12-17/h7-9,11-12,16H,5-6,10,13-15H2,1-4H3. The Hall–Kier alpha value is -2.08. The number of rotatable bonds is 11. The Labute approximate surface area is 155 Å². The maximum atomic E-state index is 11.8. The molecule has 0 amide bonds. The van der Waals surface area contributed by atoms with E-state index >= 15 is 0 Å². The van der Waals surface area contributed by atoms with Crippen molar-refractivity contribution >= 4 is 12.1 Å². The fraction of sp³-hybridized carbons (Fsp3) is 0.600. The number of carbonyl (C=O) groups excluding carboxylic acids is 2. The molecular weight excluding hydrogens is 336 g/mol. The van der Waals surface area contributed by atoms with Crippen LogP contribution in [0.15, 0.2) is 30.3 Å². The highest BCUT2D eigenvalue weighted by atomic mass is 17.2. The molecule has 0 aliphatic heterocycles. The van der Waals surface area contributed by atoms with E-state index in [4.69, 9.17) is 19.2 Å². The van der Waals surface area contributed by atoms with Crippen molar-refractivity contribution in [1.82, 2.24) is 0 Å². The lowest BCUT2D eigenvalue weighted by molar-refractivity contribution is -0.320. The summed E-state index contributed by atoms with van der Waals surface area (Å²) in [7, 11) is 0. The quantitative estimate of drug-likeness (QED) is 0.176. The van der Waals surface area contributed by atoms with Crippen LogP contribution in [0.2, 0.25) is 0 Å². The summed E-state index contributed by atoms with van der Waals surface area (Å²) >= 11 is 0. The van der Waals surface area contributed by atoms with Crippen LogP contribution in [0.25, 0.3) is 0 Å². The summed E-state index contributed by atoms with van der Waals surface area (Å²) in [6.45, 7) is 7.53. The molecule has 0 saturated heterocycles. The van der Waals surface area contributed by atoms with Gasteiger partial charge in [0.25, 0.3) is 0 Å². The van der Waals surface area contributed by atoms with Crippen molar-refractivity contribution in [3.05, 3.63) is 30.3 Å². The second kappa shape index (κ2) is 11.5. The molecule has 0 spiro atoms. The van der Waals surface area contributed by atoms with Crippen molar-refractivity contribution in [2.75, 3.05) is 0 Å². The molecule has 0 saturated carbocycles. The lowest BCUT2D eigenvalue weighted by atomic mass is 10.0. The molecular formula is C20H30O6. The van der Waals surface area contributed by atoms with Gasteiger partial charge in [-0.15, -0.1) is 0 Å². The van der Waals surface area contributed by atoms with Crippen molar-refractivity contribution in [3.63, 3.8) is 0 Å². The second-order valence-corrected chi connectivity index (χ2v) is 6.89. The van der Waals surface area contributed by atoms with Gasteiger partial charge in [0.15, 0.2) is 0 Å². The zero-order valence-electron chi connectivity index (χ0n) is 16.2. The summed E-state index contributed by atoms with van der Waals surface area (Å²) in [6.07, 6.45) is 3.08. The summed E-state index contributed by atoms with van der Waals surface area (Å²) in [5, 5.41) is 0. The summed E-state index contributed by atoms with van der Waals surface area (Å²) < 4.78 is 10.3. The number of ether oxygens (including phenoxy) is 2. The van der Waals surface area contributed by atoms with Crippen LogP contribution in [-0.2, 0) is 19.3 Å². The minimum Gasteiger partial charge on any atom is -0.429 e. The zero-order valence-corrected chi connectivity index (χ0v) is 16.2. The molecule has 0 fully saturated rings. The summed E-state index contributed by atoms with van der Waals surface area (Å²) in [5.41, 5.74) is -0.559. The van der Waals surface area contributed by atoms with Crippen LogP contribution >= 0.6 is 0 Å². The van der Waals surface area contributed by atoms with Crippen molar-refractivity contribution in [2.45, 2.75) is 77.9 Å². The summed E-state index contributed by atoms with van der Waals surface area (Å²) in [4.78, 5) is 33.4. The van der Waals surface area contributed by atoms with Gasteiger partial charge in [0, 0.05) is 6.42 Å². The van der Waals surface area contributed by atoms with Crippen molar-refractivity contribution in [1.29, 1.82) is 0 Å². The largest absolute Gasteiger partial charge is 0.540 e. The van der Waals surface area contributed by atoms with E-state index < -0.39 is 17.9 Å². The molecule has 0 aliphatic rings. The third kappa shape index (κ3) is 10.0. The molecule has 1 rings (SSSR count). The number of unbranched alkanes of at least 4 members (excludes halogenated alkanes) is 2. The Morgan fingerprint density at radius 3 is 2.46 bits per heavy atom. The highest BCUT2D eigenvalue weighted by Crippen LogP contribution is 2.19. The molecule has 6 nitrogen and oxygen atoms in total. The van der Waals surface area contributed by atoms with Crippen LogP contribution < -0.4 is 4.74 Å². The van der Waals surface area contributed by atoms with Crippen LogP contribution in [0.4, 0.5) is 4.79 Å². The third-order valence-electron chi connectivity index (χ3n) is 3.74. The smallest absolute Gasteiger partial charge is 0.429 e. The molecule has 146 valence electrons. The predicted molar refractivity (Wildman–Crippen MR) is 97.6 cm³/mol. The average Bonchev–Trinajstić information content (AvgIpc) is 2.59. The fourth-order valence-electron chi connectivity index (χ4n) is 2.22. The first kappa shape index (κ1) is 22.0. The van der Waals surface area contributed by atoms with Gasteiger partial charge < -0.3 is 9.47 Å². The van der Waals surface area contributed by atoms with Crippen molar-refractivity contribution < 1.29 is 28.8 Å². The van der Waals surface area contributed by atoms with Gasteiger partial charge in [-0.1, -0.05) is 44.4 Å². The second-order valence-electron chi connectivity index (χ2n) is 6.89. The van der Waals surface area contributed by atoms with Crippen LogP contribution in [0.3, 0.4) is 0 Å². The number of para-hydroxylation sites is 1. The van der Waals surface area contributed by atoms with E-state index in [1.54, 1.807) is 31.2 Å². The first-order valence-electron chi connectivity index (χ1n) is 9.14. The molecule has 0 aromatic heterocycles. The van der Waals surface area contributed by atoms with Crippen LogP contribution in [0, 0.1) is 0 Å². The van der Waals surface area contributed by atoms with E-state index in [1.807, 2.05) is 19.9 Å². The highest BCUT2D eigenvalue weighted by Gasteiger charge is 2.23. The average molecular weight is 366 g/mol. The monoisotopic (exact) mass is 366 g/mol. The van der Waals surface area contributed by atoms with E-state index in [-0.39, 0.29) is 12.4 Å². The predicted octanol–water partition coefficient (Wildman–Crippen LogP) is 5.20. The minimum atomic E-state index is -0.905. The van der Waals surface area contributed by atoms with Gasteiger partial charge in [-0.3, -0.25) is 9.68 Å². The SMILES string of the molecule is CCCCCC(C)(C)OOC(=O)OC(C)CCC(=O)Oc1ccccc1. The maximum absolute atomic E-state index is 11.8. The van der Waals surface area contributed by atoms with Crippen molar-refractivity contribution in [3.8, 4) is 5.75 Å². The molecule has 1 unspecified atom stereocenters. The number of benzene rings is 1. The van der Waals surface area contributed by atoms with E-state index in [2.05, 4.69) is 6.92 Å². The zero-order chi connectivity index (χ0) is 19.4. The summed E-state index contributed by atoms with van der Waals surface area (Å²) in [5.74, 6) is 0.109. The molecule has 0 aliphatic carbocycles. The topological polar surface area (TPSA) is 71.1 Å². The Morgan fingerprint density at radius 1 is 1.12 bits per heavy atom. The molecule has 0 radical (unpaired) electrons. The Bertz CT molecular complexity index is 540. The van der Waals surface area contributed by atoms with Gasteiger partial charge in [-0.2, -0.15) is 4.89 Å². The first-order chi connectivity index (χ1) is 12.3. The Kier molecular flexibility index (Phi) is 9.73. The Balaban J connectivity index is 2.22. The molecule has 26 heavy (non-hydrogen) atoms. The molecule has 0 N–H and O–H groups in total. The van der Waals surface area contributed by atoms with Gasteiger partial charge in [-0.25, -0.2) is 4.79 Å². The van der Waals surface area contributed by atoms with Crippen LogP contribution in [-0.4, -0.2) is 23.8 Å². The van der Waals surface area contributed by atoms with Gasteiger partial charge >= 0.3 is 12.1 Å². The number of carbonyl (C=O) groups is 2. The normalized spacial score (nSPS) is 12.3. The molecule has 1 aromatic carbocycles. The van der Waals surface area contributed by atoms with Crippen molar-refractivity contribution in [2.24, 2.45) is 0 Å². The third-order valence-corrected chi connectivity index (χ3v) is 3.74. The molecule has 1 atom stereocenters. The lowest BCUT2D eigenvalue weighted by Gasteiger charge is -2.22. The van der Waals surface area contributed by atoms with E-state index in [0.717, 1.165) is 25.7 Å². The van der Waals surface area contributed by atoms with E-state index in [0.29, 0.717) is 12.2 Å². The van der Waals surface area contributed by atoms with E-state index in [9.17, 15) is 9.59 Å². The fourth-order valence-corrected chi connectivity index (χ4v) is 2.22. The van der Waals surface area contributed by atoms with E-state index in [1.165, 1.54) is 0 Å². The molecule has 0 bridgehead atoms. The minimum absolute atomic E-state index is 0.132. The number of hydrogen-bond acceptors (Lipinski definition) is 6. The molecule has 1 aromatic rings. The van der Waals surface area contributed by atoms with Crippen LogP contribution in [0.5, 0.6) is 5.75 Å². The van der Waals surface area contributed by atoms with Gasteiger partial charge in [0.2, 0.25) is 0 Å². The van der Waals surface area contributed by atoms with Gasteiger partial charge in [-0.05, 0) is 45.7 Å². The maximum Gasteiger partial charge on any atom is 0.540 e. The van der Waals surface area contributed by atoms with Gasteiger partial charge in [0.05, 0.1) is 0 Å². The Morgan fingerprint density at radius 2 is 1.81 bits per heavy atom. The lowest BCUT2D eigenvalue weighted by Crippen LogP contribution is -2.27. The summed E-state index contributed by atoms with van der Waals surface area (Å²) in [6, 6.07) is 8.82. The number of hydrogen-bond donors (Lipinski definition) is 0. The molecule has 0 heterocycles. The van der Waals surface area contributed by atoms with Crippen LogP contribution in [0.1, 0.15) is 66.2 Å². The highest BCUT2D eigenvalue weighted by molar-refractivity contribution is 5.72. The molecule has 6 heteroatoms. The first-order valence-corrected chi connectivity index (χ1v) is 9.14.